The van der Waals surface area contributed by atoms with Crippen LogP contribution in [0.3, 0.4) is 0 Å². The van der Waals surface area contributed by atoms with Crippen molar-refractivity contribution in [2.45, 2.75) is 9.79 Å². The van der Waals surface area contributed by atoms with Crippen molar-refractivity contribution in [2.75, 3.05) is 27.8 Å². The molecule has 2 aromatic carbocycles. The number of carbonyl (C=O) groups excluding carboxylic acids is 1. The second-order valence-corrected chi connectivity index (χ2v) is 9.85. The first-order valence-corrected chi connectivity index (χ1v) is 12.4. The Morgan fingerprint density at radius 1 is 1.18 bits per heavy atom. The van der Waals surface area contributed by atoms with E-state index in [1.54, 1.807) is 17.0 Å². The Balaban J connectivity index is 1.57. The van der Waals surface area contributed by atoms with Gasteiger partial charge in [0.05, 0.1) is 29.1 Å². The van der Waals surface area contributed by atoms with Crippen molar-refractivity contribution in [1.82, 2.24) is 9.97 Å². The fourth-order valence-electron chi connectivity index (χ4n) is 3.05. The number of sulfonamides is 1. The molecule has 0 radical (unpaired) electrons. The molecule has 0 fully saturated rings. The maximum Gasteiger partial charge on any atom is 0.238 e. The van der Waals surface area contributed by atoms with Crippen molar-refractivity contribution in [1.29, 1.82) is 0 Å². The van der Waals surface area contributed by atoms with Crippen molar-refractivity contribution >= 4 is 68.1 Å². The predicted octanol–water partition coefficient (Wildman–Crippen LogP) is 3.34. The van der Waals surface area contributed by atoms with Crippen molar-refractivity contribution < 1.29 is 13.2 Å². The molecule has 12 heteroatoms. The number of hydrogen-bond donors (Lipinski definition) is 3. The monoisotopic (exact) mass is 500 g/mol. The van der Waals surface area contributed by atoms with Gasteiger partial charge in [-0.15, -0.1) is 18.2 Å². The summed E-state index contributed by atoms with van der Waals surface area (Å²) < 4.78 is 22.8. The summed E-state index contributed by atoms with van der Waals surface area (Å²) in [7, 11) is -3.78. The van der Waals surface area contributed by atoms with Crippen LogP contribution in [0.4, 0.5) is 28.8 Å². The van der Waals surface area contributed by atoms with Gasteiger partial charge in [-0.1, -0.05) is 17.5 Å². The van der Waals surface area contributed by atoms with Crippen LogP contribution in [0.1, 0.15) is 0 Å². The van der Waals surface area contributed by atoms with E-state index < -0.39 is 10.0 Å². The first-order chi connectivity index (χ1) is 15.7. The minimum atomic E-state index is -3.78. The highest BCUT2D eigenvalue weighted by atomic mass is 35.5. The van der Waals surface area contributed by atoms with E-state index in [4.69, 9.17) is 23.2 Å². The molecule has 0 saturated carbocycles. The smallest absolute Gasteiger partial charge is 0.238 e. The second kappa shape index (κ2) is 9.29. The summed E-state index contributed by atoms with van der Waals surface area (Å²) in [6.07, 6.45) is 6.86. The van der Waals surface area contributed by atoms with Crippen molar-refractivity contribution in [2.24, 2.45) is 5.14 Å². The Hall–Kier alpha value is -3.30. The van der Waals surface area contributed by atoms with Gasteiger partial charge in [-0.2, -0.15) is 4.98 Å². The molecule has 3 aromatic rings. The third-order valence-electron chi connectivity index (χ3n) is 4.60. The molecule has 168 valence electrons. The summed E-state index contributed by atoms with van der Waals surface area (Å²) in [5, 5.41) is 11.5. The highest BCUT2D eigenvalue weighted by molar-refractivity contribution is 8.00. The number of benzene rings is 2. The molecule has 0 bridgehead atoms. The van der Waals surface area contributed by atoms with E-state index in [1.165, 1.54) is 30.1 Å². The molecule has 0 atom stereocenters. The number of primary sulfonamides is 1. The summed E-state index contributed by atoms with van der Waals surface area (Å²) in [5.41, 5.74) is 1.94. The van der Waals surface area contributed by atoms with Crippen LogP contribution in [0.25, 0.3) is 0 Å². The summed E-state index contributed by atoms with van der Waals surface area (Å²) in [4.78, 5) is 23.3. The van der Waals surface area contributed by atoms with E-state index in [-0.39, 0.29) is 28.3 Å². The summed E-state index contributed by atoms with van der Waals surface area (Å²) in [6, 6.07) is 11.4. The van der Waals surface area contributed by atoms with Crippen molar-refractivity contribution in [3.63, 3.8) is 0 Å². The van der Waals surface area contributed by atoms with Gasteiger partial charge >= 0.3 is 0 Å². The van der Waals surface area contributed by atoms with E-state index >= 15 is 0 Å². The number of nitrogens with one attached hydrogen (secondary N) is 2. The van der Waals surface area contributed by atoms with E-state index in [1.807, 2.05) is 18.2 Å². The first kappa shape index (κ1) is 22.9. The normalized spacial score (nSPS) is 13.2. The number of carbonyl (C=O) groups is 1. The molecule has 1 aromatic heterocycles. The summed E-state index contributed by atoms with van der Waals surface area (Å²) in [6.45, 7) is 0.183. The number of hydrogen-bond acceptors (Lipinski definition) is 8. The average molecular weight is 501 g/mol. The zero-order valence-corrected chi connectivity index (χ0v) is 19.3. The van der Waals surface area contributed by atoms with Crippen LogP contribution in [-0.4, -0.2) is 36.6 Å². The van der Waals surface area contributed by atoms with Gasteiger partial charge in [0.25, 0.3) is 0 Å². The highest BCUT2D eigenvalue weighted by Gasteiger charge is 2.24. The second-order valence-electron chi connectivity index (χ2n) is 6.86. The molecule has 0 unspecified atom stereocenters. The molecule has 4 N–H and O–H groups in total. The van der Waals surface area contributed by atoms with E-state index in [0.29, 0.717) is 22.9 Å². The van der Waals surface area contributed by atoms with Crippen LogP contribution in [0, 0.1) is 12.3 Å². The van der Waals surface area contributed by atoms with Gasteiger partial charge in [0.2, 0.25) is 21.9 Å². The van der Waals surface area contributed by atoms with Crippen LogP contribution in [0.15, 0.2) is 58.5 Å². The van der Waals surface area contributed by atoms with Crippen LogP contribution in [0.5, 0.6) is 0 Å². The maximum atomic E-state index is 12.3. The highest BCUT2D eigenvalue weighted by Crippen LogP contribution is 2.38. The van der Waals surface area contributed by atoms with Gasteiger partial charge < -0.3 is 10.6 Å². The molecule has 33 heavy (non-hydrogen) atoms. The van der Waals surface area contributed by atoms with E-state index in [0.717, 1.165) is 10.6 Å². The fraction of sp³-hybridized carbons (Fsp3) is 0.0952. The van der Waals surface area contributed by atoms with Gasteiger partial charge in [-0.25, -0.2) is 18.5 Å². The van der Waals surface area contributed by atoms with Gasteiger partial charge in [-0.3, -0.25) is 9.69 Å². The SMILES string of the molecule is C#CCN1C(=O)CSc2ccc(Nc3nc(Nc4ccc(S(N)(=O)=O)cc4)ncc3Cl)cc21. The standard InChI is InChI=1S/C21H17ClN6O3S2/c1-2-9-28-17-10-14(5-8-18(17)32-12-19(28)29)25-20-16(22)11-24-21(27-20)26-13-3-6-15(7-4-13)33(23,30)31/h1,3-8,10-11H,9,12H2,(H2,23,30,31)(H2,24,25,26,27). The van der Waals surface area contributed by atoms with Crippen molar-refractivity contribution in [3.8, 4) is 12.3 Å². The Kier molecular flexibility index (Phi) is 6.44. The van der Waals surface area contributed by atoms with Gasteiger partial charge in [0.15, 0.2) is 5.82 Å². The van der Waals surface area contributed by atoms with Crippen LogP contribution in [-0.2, 0) is 14.8 Å². The number of anilines is 5. The predicted molar refractivity (Wildman–Crippen MR) is 130 cm³/mol. The number of aromatic nitrogens is 2. The molecule has 9 nitrogen and oxygen atoms in total. The van der Waals surface area contributed by atoms with Crippen molar-refractivity contribution in [3.05, 3.63) is 53.7 Å². The number of fused-ring (bicyclic) bond motifs is 1. The lowest BCUT2D eigenvalue weighted by Gasteiger charge is -2.27. The Morgan fingerprint density at radius 2 is 1.91 bits per heavy atom. The first-order valence-electron chi connectivity index (χ1n) is 9.45. The molecule has 1 aliphatic heterocycles. The molecular weight excluding hydrogens is 484 g/mol. The van der Waals surface area contributed by atoms with E-state index in [9.17, 15) is 13.2 Å². The van der Waals surface area contributed by atoms with Crippen LogP contribution < -0.4 is 20.7 Å². The van der Waals surface area contributed by atoms with Gasteiger partial charge in [0, 0.05) is 16.3 Å². The third kappa shape index (κ3) is 5.20. The van der Waals surface area contributed by atoms with Gasteiger partial charge in [-0.05, 0) is 42.5 Å². The molecule has 2 heterocycles. The molecular formula is C21H17ClN6O3S2. The number of amides is 1. The van der Waals surface area contributed by atoms with Gasteiger partial charge in [0.1, 0.15) is 5.02 Å². The number of nitrogens with two attached hydrogens (primary N) is 1. The molecule has 0 aliphatic carbocycles. The minimum absolute atomic E-state index is 0.00429. The maximum absolute atomic E-state index is 12.3. The fourth-order valence-corrected chi connectivity index (χ4v) is 4.62. The molecule has 0 saturated heterocycles. The Bertz CT molecular complexity index is 1370. The number of nitrogens with zero attached hydrogens (tertiary/aromatic N) is 3. The van der Waals surface area contributed by atoms with E-state index in [2.05, 4.69) is 26.5 Å². The number of rotatable bonds is 6. The largest absolute Gasteiger partial charge is 0.339 e. The lowest BCUT2D eigenvalue weighted by molar-refractivity contribution is -0.116. The molecule has 1 amide bonds. The minimum Gasteiger partial charge on any atom is -0.339 e. The number of terminal acetylenes is 1. The molecule has 0 spiro atoms. The molecule has 1 aliphatic rings. The summed E-state index contributed by atoms with van der Waals surface area (Å²) >= 11 is 7.73. The van der Waals surface area contributed by atoms with Crippen LogP contribution in [0.2, 0.25) is 5.02 Å². The lowest BCUT2D eigenvalue weighted by atomic mass is 10.2. The zero-order valence-electron chi connectivity index (χ0n) is 16.9. The average Bonchev–Trinajstić information content (AvgIpc) is 2.78. The molecule has 4 rings (SSSR count). The zero-order chi connectivity index (χ0) is 23.6. The lowest BCUT2D eigenvalue weighted by Crippen LogP contribution is -2.35. The Morgan fingerprint density at radius 3 is 2.61 bits per heavy atom. The quantitative estimate of drug-likeness (QED) is 0.439. The topological polar surface area (TPSA) is 130 Å². The number of halogens is 1. The summed E-state index contributed by atoms with van der Waals surface area (Å²) in [5.74, 6) is 3.38. The van der Waals surface area contributed by atoms with Crippen LogP contribution >= 0.6 is 23.4 Å². The Labute approximate surface area is 199 Å². The third-order valence-corrected chi connectivity index (χ3v) is 6.85. The number of thioether (sulfide) groups is 1.